The fourth-order valence-electron chi connectivity index (χ4n) is 0.424. The number of nitrogens with zero attached hydrogens (tertiary/aromatic N) is 1. The molecular formula is C4H6ClNS. The van der Waals surface area contributed by atoms with Gasteiger partial charge in [0.2, 0.25) is 0 Å². The summed E-state index contributed by atoms with van der Waals surface area (Å²) in [5.41, 5.74) is 0. The normalized spacial score (nSPS) is 22.9. The monoisotopic (exact) mass is 135 g/mol. The van der Waals surface area contributed by atoms with Crippen molar-refractivity contribution in [1.29, 1.82) is 0 Å². The Morgan fingerprint density at radius 2 is 2.71 bits per heavy atom. The minimum absolute atomic E-state index is 0.891. The van der Waals surface area contributed by atoms with Gasteiger partial charge in [0.25, 0.3) is 0 Å². The van der Waals surface area contributed by atoms with E-state index in [1.807, 2.05) is 13.1 Å². The second-order valence-electron chi connectivity index (χ2n) is 1.41. The zero-order valence-corrected chi connectivity index (χ0v) is 5.59. The van der Waals surface area contributed by atoms with Crippen LogP contribution in [0.1, 0.15) is 0 Å². The molecule has 3 heteroatoms. The molecule has 1 heterocycles. The van der Waals surface area contributed by atoms with Crippen LogP contribution in [0.5, 0.6) is 0 Å². The van der Waals surface area contributed by atoms with E-state index in [2.05, 4.69) is 4.31 Å². The number of hydrogen-bond donors (Lipinski definition) is 0. The Kier molecular flexibility index (Phi) is 1.62. The Balaban J connectivity index is 2.42. The van der Waals surface area contributed by atoms with Crippen molar-refractivity contribution < 1.29 is 0 Å². The molecule has 0 amide bonds. The third-order valence-electron chi connectivity index (χ3n) is 0.752. The zero-order valence-electron chi connectivity index (χ0n) is 4.02. The van der Waals surface area contributed by atoms with E-state index < -0.39 is 0 Å². The largest absolute Gasteiger partial charge is 0.245 e. The molecule has 0 radical (unpaired) electrons. The van der Waals surface area contributed by atoms with Crippen molar-refractivity contribution in [2.45, 2.75) is 0 Å². The molecule has 0 aliphatic carbocycles. The van der Waals surface area contributed by atoms with Crippen LogP contribution in [0.3, 0.4) is 0 Å². The smallest absolute Gasteiger partial charge is 0.0862 e. The molecule has 0 saturated carbocycles. The summed E-state index contributed by atoms with van der Waals surface area (Å²) in [6.45, 7) is 0.976. The van der Waals surface area contributed by atoms with Crippen molar-refractivity contribution in [2.24, 2.45) is 0 Å². The van der Waals surface area contributed by atoms with E-state index in [4.69, 9.17) is 11.6 Å². The number of hydrogen-bond acceptors (Lipinski definition) is 2. The van der Waals surface area contributed by atoms with Crippen LogP contribution in [0, 0.1) is 0 Å². The van der Waals surface area contributed by atoms with E-state index in [9.17, 15) is 0 Å². The van der Waals surface area contributed by atoms with E-state index in [1.54, 1.807) is 11.9 Å². The van der Waals surface area contributed by atoms with Gasteiger partial charge in [-0.25, -0.2) is 4.31 Å². The summed E-state index contributed by atoms with van der Waals surface area (Å²) >= 11 is 7.17. The van der Waals surface area contributed by atoms with Crippen LogP contribution in [0.2, 0.25) is 0 Å². The Morgan fingerprint density at radius 1 is 2.00 bits per heavy atom. The van der Waals surface area contributed by atoms with Crippen LogP contribution >= 0.6 is 23.5 Å². The lowest BCUT2D eigenvalue weighted by Gasteiger charge is -2.00. The average molecular weight is 136 g/mol. The first kappa shape index (κ1) is 5.48. The maximum atomic E-state index is 5.59. The molecule has 0 N–H and O–H groups in total. The van der Waals surface area contributed by atoms with Crippen LogP contribution in [0.25, 0.3) is 0 Å². The quantitative estimate of drug-likeness (QED) is 0.465. The molecule has 0 unspecified atom stereocenters. The molecule has 0 saturated heterocycles. The highest BCUT2D eigenvalue weighted by atomic mass is 35.5. The SMILES string of the molecule is CN1CC=C(Cl)S1. The van der Waals surface area contributed by atoms with Crippen LogP contribution < -0.4 is 0 Å². The molecule has 1 nitrogen and oxygen atoms in total. The lowest BCUT2D eigenvalue weighted by atomic mass is 10.6. The van der Waals surface area contributed by atoms with Crippen LogP contribution in [0.15, 0.2) is 10.4 Å². The first-order chi connectivity index (χ1) is 3.29. The summed E-state index contributed by atoms with van der Waals surface area (Å²) in [5, 5.41) is 0. The molecular weight excluding hydrogens is 130 g/mol. The maximum absolute atomic E-state index is 5.59. The van der Waals surface area contributed by atoms with E-state index >= 15 is 0 Å². The third-order valence-corrected chi connectivity index (χ3v) is 1.92. The lowest BCUT2D eigenvalue weighted by molar-refractivity contribution is 0.650. The zero-order chi connectivity index (χ0) is 5.28. The summed E-state index contributed by atoms with van der Waals surface area (Å²) in [4.78, 5) is 0. The third kappa shape index (κ3) is 1.37. The molecule has 1 aliphatic heterocycles. The molecule has 0 bridgehead atoms. The summed E-state index contributed by atoms with van der Waals surface area (Å²) in [6.07, 6.45) is 1.99. The van der Waals surface area contributed by atoms with Crippen molar-refractivity contribution in [2.75, 3.05) is 13.6 Å². The van der Waals surface area contributed by atoms with Crippen molar-refractivity contribution in [3.63, 3.8) is 0 Å². The molecule has 7 heavy (non-hydrogen) atoms. The highest BCUT2D eigenvalue weighted by Crippen LogP contribution is 2.27. The molecule has 0 aromatic carbocycles. The van der Waals surface area contributed by atoms with Gasteiger partial charge in [0.1, 0.15) is 0 Å². The van der Waals surface area contributed by atoms with Gasteiger partial charge in [-0.2, -0.15) is 0 Å². The molecule has 0 fully saturated rings. The molecule has 1 aliphatic rings. The number of likely N-dealkylation sites (N-methyl/N-ethyl adjacent to an activating group) is 1. The first-order valence-electron chi connectivity index (χ1n) is 2.04. The van der Waals surface area contributed by atoms with Crippen LogP contribution in [0.4, 0.5) is 0 Å². The Bertz CT molecular complexity index is 102. The van der Waals surface area contributed by atoms with Gasteiger partial charge in [0.15, 0.2) is 0 Å². The second-order valence-corrected chi connectivity index (χ2v) is 3.29. The van der Waals surface area contributed by atoms with Gasteiger partial charge in [-0.3, -0.25) is 0 Å². The second kappa shape index (κ2) is 2.07. The molecule has 0 spiro atoms. The van der Waals surface area contributed by atoms with Gasteiger partial charge < -0.3 is 0 Å². The topological polar surface area (TPSA) is 3.24 Å². The highest BCUT2D eigenvalue weighted by molar-refractivity contribution is 8.02. The first-order valence-corrected chi connectivity index (χ1v) is 3.19. The highest BCUT2D eigenvalue weighted by Gasteiger charge is 2.06. The molecule has 0 aromatic rings. The Hall–Kier alpha value is 0.340. The standard InChI is InChI=1S/C4H6ClNS/c1-6-3-2-4(5)7-6/h2H,3H2,1H3. The van der Waals surface area contributed by atoms with Crippen LogP contribution in [-0.2, 0) is 0 Å². The molecule has 0 aromatic heterocycles. The van der Waals surface area contributed by atoms with Gasteiger partial charge in [-0.05, 0) is 25.1 Å². The van der Waals surface area contributed by atoms with Gasteiger partial charge in [-0.15, -0.1) is 0 Å². The lowest BCUT2D eigenvalue weighted by Crippen LogP contribution is -2.01. The van der Waals surface area contributed by atoms with E-state index in [0.717, 1.165) is 10.9 Å². The minimum atomic E-state index is 0.891. The van der Waals surface area contributed by atoms with E-state index in [-0.39, 0.29) is 0 Å². The summed E-state index contributed by atoms with van der Waals surface area (Å²) in [6, 6.07) is 0. The maximum Gasteiger partial charge on any atom is 0.0862 e. The average Bonchev–Trinajstić information content (AvgIpc) is 1.87. The predicted molar refractivity (Wildman–Crippen MR) is 34.2 cm³/mol. The predicted octanol–water partition coefficient (Wildman–Crippen LogP) is 1.66. The van der Waals surface area contributed by atoms with E-state index in [1.165, 1.54) is 0 Å². The number of halogens is 1. The van der Waals surface area contributed by atoms with Crippen molar-refractivity contribution in [3.05, 3.63) is 10.4 Å². The molecule has 1 rings (SSSR count). The van der Waals surface area contributed by atoms with Crippen LogP contribution in [-0.4, -0.2) is 17.9 Å². The fraction of sp³-hybridized carbons (Fsp3) is 0.500. The Labute approximate surface area is 52.5 Å². The van der Waals surface area contributed by atoms with Crippen molar-refractivity contribution in [1.82, 2.24) is 4.31 Å². The van der Waals surface area contributed by atoms with Gasteiger partial charge in [0.05, 0.1) is 4.36 Å². The molecule has 40 valence electrons. The van der Waals surface area contributed by atoms with Gasteiger partial charge in [0, 0.05) is 6.54 Å². The van der Waals surface area contributed by atoms with Gasteiger partial charge in [-0.1, -0.05) is 11.6 Å². The van der Waals surface area contributed by atoms with Gasteiger partial charge >= 0.3 is 0 Å². The summed E-state index contributed by atoms with van der Waals surface area (Å²) in [7, 11) is 2.01. The minimum Gasteiger partial charge on any atom is -0.245 e. The number of rotatable bonds is 0. The van der Waals surface area contributed by atoms with Crippen molar-refractivity contribution in [3.8, 4) is 0 Å². The summed E-state index contributed by atoms with van der Waals surface area (Å²) in [5.74, 6) is 0. The molecule has 0 atom stereocenters. The van der Waals surface area contributed by atoms with E-state index in [0.29, 0.717) is 0 Å². The van der Waals surface area contributed by atoms with Crippen molar-refractivity contribution >= 4 is 23.5 Å². The Morgan fingerprint density at radius 3 is 2.86 bits per heavy atom. The summed E-state index contributed by atoms with van der Waals surface area (Å²) < 4.78 is 2.96. The fourth-order valence-corrected chi connectivity index (χ4v) is 1.44.